The van der Waals surface area contributed by atoms with Gasteiger partial charge in [0.25, 0.3) is 5.91 Å². The second kappa shape index (κ2) is 13.6. The van der Waals surface area contributed by atoms with E-state index in [2.05, 4.69) is 10.6 Å². The summed E-state index contributed by atoms with van der Waals surface area (Å²) < 4.78 is 22.0. The molecule has 1 saturated heterocycles. The molecular formula is C30H38N2O6S. The molecular weight excluding hydrogens is 516 g/mol. The van der Waals surface area contributed by atoms with Gasteiger partial charge in [-0.15, -0.1) is 11.8 Å². The van der Waals surface area contributed by atoms with Crippen molar-refractivity contribution in [3.8, 4) is 23.0 Å². The first-order valence-electron chi connectivity index (χ1n) is 13.5. The van der Waals surface area contributed by atoms with Crippen LogP contribution in [-0.2, 0) is 16.0 Å². The number of carbonyl (C=O) groups is 2. The molecule has 1 heterocycles. The lowest BCUT2D eigenvalue weighted by molar-refractivity contribution is -0.127. The minimum absolute atomic E-state index is 0.0191. The van der Waals surface area contributed by atoms with Crippen LogP contribution in [0, 0.1) is 5.92 Å². The molecule has 9 heteroatoms. The van der Waals surface area contributed by atoms with E-state index in [1.807, 2.05) is 56.3 Å². The highest BCUT2D eigenvalue weighted by Gasteiger charge is 2.39. The van der Waals surface area contributed by atoms with Gasteiger partial charge in [-0.2, -0.15) is 0 Å². The fraction of sp³-hybridized carbons (Fsp3) is 0.467. The van der Waals surface area contributed by atoms with Crippen molar-refractivity contribution in [3.05, 3.63) is 52.4 Å². The second-order valence-corrected chi connectivity index (χ2v) is 10.8. The Morgan fingerprint density at radius 1 is 1.00 bits per heavy atom. The SMILES string of the molecule is CCOc1ccc(CCNC(=O)C2CCC3S/C(=C/c4ccc(OC)c(OC)c4)C(=O)NC3C2)cc1OCC. The summed E-state index contributed by atoms with van der Waals surface area (Å²) in [4.78, 5) is 26.5. The summed E-state index contributed by atoms with van der Waals surface area (Å²) in [6.45, 7) is 5.57. The van der Waals surface area contributed by atoms with Gasteiger partial charge >= 0.3 is 0 Å². The quantitative estimate of drug-likeness (QED) is 0.392. The van der Waals surface area contributed by atoms with E-state index in [1.165, 1.54) is 0 Å². The van der Waals surface area contributed by atoms with Gasteiger partial charge in [0, 0.05) is 23.8 Å². The molecule has 1 saturated carbocycles. The maximum atomic E-state index is 13.0. The molecule has 0 bridgehead atoms. The van der Waals surface area contributed by atoms with Gasteiger partial charge in [-0.3, -0.25) is 9.59 Å². The van der Waals surface area contributed by atoms with Gasteiger partial charge in [0.1, 0.15) is 0 Å². The van der Waals surface area contributed by atoms with Crippen molar-refractivity contribution in [1.82, 2.24) is 10.6 Å². The molecule has 0 aromatic heterocycles. The van der Waals surface area contributed by atoms with E-state index in [1.54, 1.807) is 26.0 Å². The van der Waals surface area contributed by atoms with Gasteiger partial charge in [0.05, 0.1) is 32.3 Å². The zero-order valence-corrected chi connectivity index (χ0v) is 23.9. The van der Waals surface area contributed by atoms with Crippen molar-refractivity contribution in [2.24, 2.45) is 5.92 Å². The Hall–Kier alpha value is -3.33. The van der Waals surface area contributed by atoms with Crippen LogP contribution in [0.4, 0.5) is 0 Å². The molecule has 3 unspecified atom stereocenters. The molecule has 3 atom stereocenters. The lowest BCUT2D eigenvalue weighted by atomic mass is 9.84. The fourth-order valence-corrected chi connectivity index (χ4v) is 6.34. The molecule has 210 valence electrons. The van der Waals surface area contributed by atoms with Crippen LogP contribution in [0.3, 0.4) is 0 Å². The summed E-state index contributed by atoms with van der Waals surface area (Å²) in [6, 6.07) is 11.5. The summed E-state index contributed by atoms with van der Waals surface area (Å²) in [6.07, 6.45) is 4.91. The van der Waals surface area contributed by atoms with Gasteiger partial charge in [-0.25, -0.2) is 0 Å². The summed E-state index contributed by atoms with van der Waals surface area (Å²) in [5, 5.41) is 6.50. The molecule has 4 rings (SSSR count). The summed E-state index contributed by atoms with van der Waals surface area (Å²) in [5.41, 5.74) is 1.95. The number of rotatable bonds is 11. The Bertz CT molecular complexity index is 1200. The third kappa shape index (κ3) is 7.20. The predicted octanol–water partition coefficient (Wildman–Crippen LogP) is 4.60. The summed E-state index contributed by atoms with van der Waals surface area (Å²) in [7, 11) is 3.19. The lowest BCUT2D eigenvalue weighted by Crippen LogP contribution is -2.51. The highest BCUT2D eigenvalue weighted by molar-refractivity contribution is 8.04. The second-order valence-electron chi connectivity index (χ2n) is 9.56. The van der Waals surface area contributed by atoms with E-state index in [4.69, 9.17) is 18.9 Å². The number of thioether (sulfide) groups is 1. The normalized spacial score (nSPS) is 21.5. The average Bonchev–Trinajstić information content (AvgIpc) is 2.94. The molecule has 2 amide bonds. The molecule has 2 aromatic carbocycles. The lowest BCUT2D eigenvalue weighted by Gasteiger charge is -2.39. The van der Waals surface area contributed by atoms with Crippen LogP contribution in [0.2, 0.25) is 0 Å². The third-order valence-corrected chi connectivity index (χ3v) is 8.43. The number of hydrogen-bond donors (Lipinski definition) is 2. The zero-order chi connectivity index (χ0) is 27.8. The molecule has 1 aliphatic heterocycles. The summed E-state index contributed by atoms with van der Waals surface area (Å²) in [5.74, 6) is 2.57. The van der Waals surface area contributed by atoms with E-state index in [9.17, 15) is 9.59 Å². The average molecular weight is 555 g/mol. The van der Waals surface area contributed by atoms with Gasteiger partial charge in [-0.05, 0) is 81.0 Å². The Morgan fingerprint density at radius 3 is 2.49 bits per heavy atom. The van der Waals surface area contributed by atoms with Gasteiger partial charge < -0.3 is 29.6 Å². The molecule has 0 spiro atoms. The van der Waals surface area contributed by atoms with Crippen LogP contribution in [0.5, 0.6) is 23.0 Å². The van der Waals surface area contributed by atoms with Crippen molar-refractivity contribution in [2.45, 2.75) is 50.8 Å². The molecule has 2 fully saturated rings. The smallest absolute Gasteiger partial charge is 0.257 e. The predicted molar refractivity (Wildman–Crippen MR) is 154 cm³/mol. The van der Waals surface area contributed by atoms with Crippen LogP contribution < -0.4 is 29.6 Å². The Balaban J connectivity index is 1.30. The monoisotopic (exact) mass is 554 g/mol. The molecule has 2 aliphatic rings. The molecule has 39 heavy (non-hydrogen) atoms. The number of methoxy groups -OCH3 is 2. The van der Waals surface area contributed by atoms with Gasteiger partial charge in [-0.1, -0.05) is 12.1 Å². The van der Waals surface area contributed by atoms with Crippen LogP contribution in [0.1, 0.15) is 44.2 Å². The van der Waals surface area contributed by atoms with Gasteiger partial charge in [0.2, 0.25) is 5.91 Å². The number of ether oxygens (including phenoxy) is 4. The summed E-state index contributed by atoms with van der Waals surface area (Å²) >= 11 is 1.60. The first-order valence-corrected chi connectivity index (χ1v) is 14.4. The number of benzene rings is 2. The first kappa shape index (κ1) is 28.7. The van der Waals surface area contributed by atoms with Crippen LogP contribution >= 0.6 is 11.8 Å². The first-order chi connectivity index (χ1) is 18.9. The van der Waals surface area contributed by atoms with E-state index < -0.39 is 0 Å². The van der Waals surface area contributed by atoms with E-state index in [-0.39, 0.29) is 29.0 Å². The minimum Gasteiger partial charge on any atom is -0.493 e. The molecule has 1 aliphatic carbocycles. The highest BCUT2D eigenvalue weighted by atomic mass is 32.2. The zero-order valence-electron chi connectivity index (χ0n) is 23.1. The van der Waals surface area contributed by atoms with E-state index in [0.717, 1.165) is 35.5 Å². The van der Waals surface area contributed by atoms with E-state index >= 15 is 0 Å². The van der Waals surface area contributed by atoms with Crippen molar-refractivity contribution in [3.63, 3.8) is 0 Å². The van der Waals surface area contributed by atoms with Crippen molar-refractivity contribution < 1.29 is 28.5 Å². The number of amides is 2. The van der Waals surface area contributed by atoms with Crippen LogP contribution in [-0.4, -0.2) is 57.1 Å². The van der Waals surface area contributed by atoms with Crippen LogP contribution in [0.15, 0.2) is 41.3 Å². The van der Waals surface area contributed by atoms with Gasteiger partial charge in [0.15, 0.2) is 23.0 Å². The topological polar surface area (TPSA) is 95.1 Å². The van der Waals surface area contributed by atoms with Crippen molar-refractivity contribution >= 4 is 29.7 Å². The molecule has 8 nitrogen and oxygen atoms in total. The maximum Gasteiger partial charge on any atom is 0.257 e. The Morgan fingerprint density at radius 2 is 1.74 bits per heavy atom. The minimum atomic E-state index is -0.108. The Labute approximate surface area is 234 Å². The molecule has 2 N–H and O–H groups in total. The standard InChI is InChI=1S/C30H38N2O6S/c1-5-37-24-11-7-19(15-26(24)38-6-2)13-14-31-29(33)21-9-12-27-22(18-21)32-30(34)28(39-27)17-20-8-10-23(35-3)25(16-20)36-4/h7-8,10-11,15-17,21-22,27H,5-6,9,12-14,18H2,1-4H3,(H,31,33)(H,32,34)/b28-17+. The van der Waals surface area contributed by atoms with Crippen molar-refractivity contribution in [2.75, 3.05) is 34.0 Å². The van der Waals surface area contributed by atoms with Crippen LogP contribution in [0.25, 0.3) is 6.08 Å². The third-order valence-electron chi connectivity index (χ3n) is 7.00. The molecule has 2 aromatic rings. The highest BCUT2D eigenvalue weighted by Crippen LogP contribution is 2.40. The van der Waals surface area contributed by atoms with Crippen molar-refractivity contribution in [1.29, 1.82) is 0 Å². The van der Waals surface area contributed by atoms with E-state index in [0.29, 0.717) is 49.0 Å². The number of hydrogen-bond acceptors (Lipinski definition) is 7. The molecule has 0 radical (unpaired) electrons. The largest absolute Gasteiger partial charge is 0.493 e. The maximum absolute atomic E-state index is 13.0. The number of nitrogens with one attached hydrogen (secondary N) is 2. The fourth-order valence-electron chi connectivity index (χ4n) is 5.05. The Kier molecular flexibility index (Phi) is 10.0. The number of fused-ring (bicyclic) bond motifs is 1. The number of carbonyl (C=O) groups excluding carboxylic acids is 2.